The quantitative estimate of drug-likeness (QED) is 0.418. The number of amides is 3. The third kappa shape index (κ3) is 4.00. The Labute approximate surface area is 174 Å². The van der Waals surface area contributed by atoms with E-state index in [-0.39, 0.29) is 18.9 Å². The molecule has 1 unspecified atom stereocenters. The summed E-state index contributed by atoms with van der Waals surface area (Å²) in [6, 6.07) is 12.1. The van der Waals surface area contributed by atoms with Gasteiger partial charge in [-0.15, -0.1) is 6.58 Å². The molecule has 1 fully saturated rings. The van der Waals surface area contributed by atoms with Crippen molar-refractivity contribution in [2.45, 2.75) is 19.4 Å². The minimum Gasteiger partial charge on any atom is -0.465 e. The highest BCUT2D eigenvalue weighted by Gasteiger charge is 2.44. The van der Waals surface area contributed by atoms with Gasteiger partial charge in [0.15, 0.2) is 0 Å². The Morgan fingerprint density at radius 3 is 2.47 bits per heavy atom. The number of carbonyl (C=O) groups is 4. The molecule has 0 saturated carbocycles. The lowest BCUT2D eigenvalue weighted by Gasteiger charge is -2.26. The molecular weight excluding hydrogens is 384 g/mol. The maximum Gasteiger partial charge on any atom is 0.337 e. The standard InChI is InChI=1S/C23H22N2O5/c1-4-12-24(21(27)17-7-5-6-15(2)13-17)19-14-20(26)25(22(19)28)18-10-8-16(9-11-18)23(29)30-3/h4-11,13,19H,1,12,14H2,2-3H3. The van der Waals surface area contributed by atoms with E-state index in [4.69, 9.17) is 0 Å². The number of aryl methyl sites for hydroxylation is 1. The number of methoxy groups -OCH3 is 1. The summed E-state index contributed by atoms with van der Waals surface area (Å²) < 4.78 is 4.66. The molecule has 0 N–H and O–H groups in total. The zero-order valence-electron chi connectivity index (χ0n) is 16.8. The van der Waals surface area contributed by atoms with E-state index in [1.165, 1.54) is 42.4 Å². The zero-order chi connectivity index (χ0) is 21.8. The average molecular weight is 406 g/mol. The number of rotatable bonds is 6. The number of hydrogen-bond donors (Lipinski definition) is 0. The maximum absolute atomic E-state index is 13.1. The molecule has 0 aromatic heterocycles. The van der Waals surface area contributed by atoms with Crippen LogP contribution in [0.5, 0.6) is 0 Å². The van der Waals surface area contributed by atoms with Gasteiger partial charge >= 0.3 is 5.97 Å². The highest BCUT2D eigenvalue weighted by molar-refractivity contribution is 6.23. The monoisotopic (exact) mass is 406 g/mol. The smallest absolute Gasteiger partial charge is 0.337 e. The van der Waals surface area contributed by atoms with Gasteiger partial charge in [0.1, 0.15) is 6.04 Å². The van der Waals surface area contributed by atoms with Gasteiger partial charge in [0, 0.05) is 12.1 Å². The molecule has 0 spiro atoms. The molecule has 3 amide bonds. The summed E-state index contributed by atoms with van der Waals surface area (Å²) in [5.74, 6) is -1.76. The number of nitrogens with zero attached hydrogens (tertiary/aromatic N) is 2. The number of hydrogen-bond acceptors (Lipinski definition) is 5. The number of benzene rings is 2. The largest absolute Gasteiger partial charge is 0.465 e. The molecule has 2 aromatic carbocycles. The summed E-state index contributed by atoms with van der Waals surface area (Å²) in [5.41, 5.74) is 2.00. The van der Waals surface area contributed by atoms with Crippen molar-refractivity contribution in [3.63, 3.8) is 0 Å². The second-order valence-corrected chi connectivity index (χ2v) is 6.94. The molecule has 30 heavy (non-hydrogen) atoms. The van der Waals surface area contributed by atoms with E-state index in [0.29, 0.717) is 16.8 Å². The molecule has 154 valence electrons. The van der Waals surface area contributed by atoms with Crippen molar-refractivity contribution in [2.75, 3.05) is 18.6 Å². The lowest BCUT2D eigenvalue weighted by atomic mass is 10.1. The fourth-order valence-corrected chi connectivity index (χ4v) is 3.43. The maximum atomic E-state index is 13.1. The average Bonchev–Trinajstić information content (AvgIpc) is 3.04. The Kier molecular flexibility index (Phi) is 6.11. The normalized spacial score (nSPS) is 15.8. The Morgan fingerprint density at radius 1 is 1.17 bits per heavy atom. The van der Waals surface area contributed by atoms with E-state index >= 15 is 0 Å². The Hall–Kier alpha value is -3.74. The van der Waals surface area contributed by atoms with Gasteiger partial charge in [-0.25, -0.2) is 9.69 Å². The predicted octanol–water partition coefficient (Wildman–Crippen LogP) is 2.74. The van der Waals surface area contributed by atoms with Crippen LogP contribution in [0.15, 0.2) is 61.2 Å². The molecular formula is C23H22N2O5. The van der Waals surface area contributed by atoms with E-state index in [0.717, 1.165) is 10.5 Å². The topological polar surface area (TPSA) is 84.0 Å². The number of ether oxygens (including phenoxy) is 1. The highest BCUT2D eigenvalue weighted by Crippen LogP contribution is 2.27. The van der Waals surface area contributed by atoms with Crippen LogP contribution in [-0.2, 0) is 14.3 Å². The Bertz CT molecular complexity index is 1010. The van der Waals surface area contributed by atoms with Gasteiger partial charge in [-0.3, -0.25) is 14.4 Å². The molecule has 1 saturated heterocycles. The van der Waals surface area contributed by atoms with Crippen LogP contribution in [0.1, 0.15) is 32.7 Å². The van der Waals surface area contributed by atoms with Crippen LogP contribution >= 0.6 is 0 Å². The van der Waals surface area contributed by atoms with E-state index in [9.17, 15) is 19.2 Å². The molecule has 1 aliphatic rings. The summed E-state index contributed by atoms with van der Waals surface area (Å²) in [7, 11) is 1.27. The third-order valence-electron chi connectivity index (χ3n) is 4.90. The van der Waals surface area contributed by atoms with E-state index in [2.05, 4.69) is 11.3 Å². The molecule has 1 atom stereocenters. The number of esters is 1. The van der Waals surface area contributed by atoms with Crippen LogP contribution in [0.2, 0.25) is 0 Å². The lowest BCUT2D eigenvalue weighted by molar-refractivity contribution is -0.122. The first kappa shape index (κ1) is 21.0. The number of anilines is 1. The van der Waals surface area contributed by atoms with Gasteiger partial charge in [-0.05, 0) is 43.3 Å². The third-order valence-corrected chi connectivity index (χ3v) is 4.90. The van der Waals surface area contributed by atoms with Crippen molar-refractivity contribution in [1.82, 2.24) is 4.90 Å². The first-order valence-electron chi connectivity index (χ1n) is 9.41. The summed E-state index contributed by atoms with van der Waals surface area (Å²) in [6.45, 7) is 5.68. The van der Waals surface area contributed by atoms with Gasteiger partial charge in [-0.2, -0.15) is 0 Å². The van der Waals surface area contributed by atoms with Gasteiger partial charge in [-0.1, -0.05) is 23.8 Å². The van der Waals surface area contributed by atoms with Crippen molar-refractivity contribution in [1.29, 1.82) is 0 Å². The van der Waals surface area contributed by atoms with Crippen LogP contribution in [0.4, 0.5) is 5.69 Å². The summed E-state index contributed by atoms with van der Waals surface area (Å²) in [5, 5.41) is 0. The predicted molar refractivity (Wildman–Crippen MR) is 111 cm³/mol. The minimum absolute atomic E-state index is 0.122. The van der Waals surface area contributed by atoms with Gasteiger partial charge in [0.25, 0.3) is 11.8 Å². The summed E-state index contributed by atoms with van der Waals surface area (Å²) in [4.78, 5) is 52.8. The second kappa shape index (κ2) is 8.73. The van der Waals surface area contributed by atoms with Crippen LogP contribution < -0.4 is 4.90 Å². The van der Waals surface area contributed by atoms with Gasteiger partial charge < -0.3 is 9.64 Å². The van der Waals surface area contributed by atoms with Gasteiger partial charge in [0.05, 0.1) is 24.8 Å². The SMILES string of the molecule is C=CCN(C(=O)c1cccc(C)c1)C1CC(=O)N(c2ccc(C(=O)OC)cc2)C1=O. The minimum atomic E-state index is -0.927. The Balaban J connectivity index is 1.88. The molecule has 2 aromatic rings. The van der Waals surface area contributed by atoms with E-state index in [1.807, 2.05) is 13.0 Å². The summed E-state index contributed by atoms with van der Waals surface area (Å²) >= 11 is 0. The fourth-order valence-electron chi connectivity index (χ4n) is 3.43. The van der Waals surface area contributed by atoms with Crippen molar-refractivity contribution in [2.24, 2.45) is 0 Å². The molecule has 1 heterocycles. The fraction of sp³-hybridized carbons (Fsp3) is 0.217. The molecule has 0 radical (unpaired) electrons. The van der Waals surface area contributed by atoms with Crippen molar-refractivity contribution >= 4 is 29.4 Å². The van der Waals surface area contributed by atoms with Crippen LogP contribution in [0.25, 0.3) is 0 Å². The molecule has 7 nitrogen and oxygen atoms in total. The molecule has 3 rings (SSSR count). The van der Waals surface area contributed by atoms with Crippen LogP contribution in [0.3, 0.4) is 0 Å². The zero-order valence-corrected chi connectivity index (χ0v) is 16.8. The molecule has 7 heteroatoms. The lowest BCUT2D eigenvalue weighted by Crippen LogP contribution is -2.45. The van der Waals surface area contributed by atoms with Gasteiger partial charge in [0.2, 0.25) is 5.91 Å². The van der Waals surface area contributed by atoms with E-state index < -0.39 is 23.8 Å². The molecule has 0 bridgehead atoms. The number of imide groups is 1. The molecule has 0 aliphatic carbocycles. The van der Waals surface area contributed by atoms with Crippen molar-refractivity contribution < 1.29 is 23.9 Å². The van der Waals surface area contributed by atoms with E-state index in [1.54, 1.807) is 18.2 Å². The number of carbonyl (C=O) groups excluding carboxylic acids is 4. The van der Waals surface area contributed by atoms with Crippen molar-refractivity contribution in [3.05, 3.63) is 77.9 Å². The van der Waals surface area contributed by atoms with Crippen molar-refractivity contribution in [3.8, 4) is 0 Å². The second-order valence-electron chi connectivity index (χ2n) is 6.94. The highest BCUT2D eigenvalue weighted by atomic mass is 16.5. The molecule has 1 aliphatic heterocycles. The Morgan fingerprint density at radius 2 is 1.87 bits per heavy atom. The first-order chi connectivity index (χ1) is 14.4. The van der Waals surface area contributed by atoms with Crippen LogP contribution in [0, 0.1) is 6.92 Å². The first-order valence-corrected chi connectivity index (χ1v) is 9.41. The van der Waals surface area contributed by atoms with Crippen LogP contribution in [-0.4, -0.2) is 48.3 Å². The summed E-state index contributed by atoms with van der Waals surface area (Å²) in [6.07, 6.45) is 1.41.